The summed E-state index contributed by atoms with van der Waals surface area (Å²) in [5.41, 5.74) is 0. The van der Waals surface area contributed by atoms with Gasteiger partial charge in [0.25, 0.3) is 0 Å². The van der Waals surface area contributed by atoms with Crippen molar-refractivity contribution in [3.63, 3.8) is 0 Å². The maximum Gasteiger partial charge on any atom is 0.328 e. The van der Waals surface area contributed by atoms with Gasteiger partial charge in [-0.2, -0.15) is 4.98 Å². The van der Waals surface area contributed by atoms with E-state index in [0.717, 1.165) is 0 Å². The molecule has 6 heteroatoms. The monoisotopic (exact) mass is 239 g/mol. The highest BCUT2D eigenvalue weighted by atomic mass is 16.5. The maximum atomic E-state index is 11.4. The zero-order chi connectivity index (χ0) is 12.8. The fraction of sp³-hybridized carbons (Fsp3) is 0.545. The Morgan fingerprint density at radius 3 is 2.71 bits per heavy atom. The van der Waals surface area contributed by atoms with Crippen LogP contribution in [0.1, 0.15) is 19.2 Å². The highest BCUT2D eigenvalue weighted by molar-refractivity contribution is 5.78. The molecule has 94 valence electrons. The van der Waals surface area contributed by atoms with Crippen molar-refractivity contribution in [1.29, 1.82) is 0 Å². The van der Waals surface area contributed by atoms with Crippen LogP contribution in [0.15, 0.2) is 6.07 Å². The summed E-state index contributed by atoms with van der Waals surface area (Å²) >= 11 is 0. The molecule has 0 saturated heterocycles. The van der Waals surface area contributed by atoms with Gasteiger partial charge in [-0.1, -0.05) is 6.92 Å². The first kappa shape index (κ1) is 13.2. The third kappa shape index (κ3) is 3.58. The number of ether oxygens (including phenoxy) is 2. The van der Waals surface area contributed by atoms with Crippen LogP contribution in [0, 0.1) is 6.92 Å². The molecular formula is C11H17N3O3. The van der Waals surface area contributed by atoms with Gasteiger partial charge in [-0.15, -0.1) is 0 Å². The van der Waals surface area contributed by atoms with Gasteiger partial charge in [0.1, 0.15) is 17.7 Å². The molecule has 6 nitrogen and oxygen atoms in total. The second-order valence-electron chi connectivity index (χ2n) is 3.47. The lowest BCUT2D eigenvalue weighted by Gasteiger charge is -2.15. The van der Waals surface area contributed by atoms with Crippen LogP contribution in [0.2, 0.25) is 0 Å². The lowest BCUT2D eigenvalue weighted by Crippen LogP contribution is -2.30. The van der Waals surface area contributed by atoms with Crippen molar-refractivity contribution in [3.05, 3.63) is 11.9 Å². The number of carbonyl (C=O) groups is 1. The molecule has 1 N–H and O–H groups in total. The van der Waals surface area contributed by atoms with Crippen LogP contribution in [-0.4, -0.2) is 36.2 Å². The van der Waals surface area contributed by atoms with Gasteiger partial charge in [0.05, 0.1) is 14.2 Å². The molecule has 0 radical (unpaired) electrons. The van der Waals surface area contributed by atoms with Crippen LogP contribution >= 0.6 is 0 Å². The van der Waals surface area contributed by atoms with Gasteiger partial charge in [-0.25, -0.2) is 9.78 Å². The Hall–Kier alpha value is -1.85. The molecule has 0 spiro atoms. The molecule has 0 aliphatic heterocycles. The summed E-state index contributed by atoms with van der Waals surface area (Å²) in [6.07, 6.45) is 0.609. The fourth-order valence-corrected chi connectivity index (χ4v) is 1.37. The van der Waals surface area contributed by atoms with E-state index in [-0.39, 0.29) is 5.97 Å². The minimum atomic E-state index is -0.418. The second-order valence-corrected chi connectivity index (χ2v) is 3.47. The molecule has 1 atom stereocenters. The minimum Gasteiger partial charge on any atom is -0.481 e. The Labute approximate surface area is 100 Å². The Kier molecular flexibility index (Phi) is 4.68. The van der Waals surface area contributed by atoms with Gasteiger partial charge >= 0.3 is 5.97 Å². The second kappa shape index (κ2) is 6.03. The first-order chi connectivity index (χ1) is 8.10. The van der Waals surface area contributed by atoms with Crippen LogP contribution in [0.25, 0.3) is 0 Å². The minimum absolute atomic E-state index is 0.317. The largest absolute Gasteiger partial charge is 0.481 e. The number of hydrogen-bond acceptors (Lipinski definition) is 6. The topological polar surface area (TPSA) is 73.3 Å². The number of methoxy groups -OCH3 is 2. The number of anilines is 1. The first-order valence-electron chi connectivity index (χ1n) is 5.34. The summed E-state index contributed by atoms with van der Waals surface area (Å²) in [5, 5.41) is 2.99. The Morgan fingerprint density at radius 2 is 2.18 bits per heavy atom. The van der Waals surface area contributed by atoms with Gasteiger partial charge in [0, 0.05) is 6.07 Å². The number of nitrogens with one attached hydrogen (secondary N) is 1. The Bertz CT molecular complexity index is 396. The smallest absolute Gasteiger partial charge is 0.328 e. The molecule has 1 rings (SSSR count). The molecule has 1 aromatic heterocycles. The number of carbonyl (C=O) groups excluding carboxylic acids is 1. The summed E-state index contributed by atoms with van der Waals surface area (Å²) in [6.45, 7) is 3.65. The molecule has 0 aliphatic rings. The zero-order valence-corrected chi connectivity index (χ0v) is 10.5. The van der Waals surface area contributed by atoms with Crippen molar-refractivity contribution in [2.45, 2.75) is 26.3 Å². The first-order valence-corrected chi connectivity index (χ1v) is 5.34. The van der Waals surface area contributed by atoms with Gasteiger partial charge in [0.2, 0.25) is 5.88 Å². The fourth-order valence-electron chi connectivity index (χ4n) is 1.37. The highest BCUT2D eigenvalue weighted by Crippen LogP contribution is 2.14. The average Bonchev–Trinajstić information content (AvgIpc) is 2.34. The molecule has 0 bridgehead atoms. The number of nitrogens with zero attached hydrogens (tertiary/aromatic N) is 2. The van der Waals surface area contributed by atoms with Gasteiger partial charge in [-0.05, 0) is 13.3 Å². The number of esters is 1. The zero-order valence-electron chi connectivity index (χ0n) is 10.5. The van der Waals surface area contributed by atoms with Crippen LogP contribution in [0.5, 0.6) is 5.88 Å². The summed E-state index contributed by atoms with van der Waals surface area (Å²) in [7, 11) is 2.89. The average molecular weight is 239 g/mol. The van der Waals surface area contributed by atoms with Gasteiger partial charge < -0.3 is 14.8 Å². The van der Waals surface area contributed by atoms with Crippen LogP contribution in [-0.2, 0) is 9.53 Å². The molecule has 1 unspecified atom stereocenters. The van der Waals surface area contributed by atoms with Crippen LogP contribution in [0.4, 0.5) is 5.82 Å². The summed E-state index contributed by atoms with van der Waals surface area (Å²) in [5.74, 6) is 1.26. The predicted octanol–water partition coefficient (Wildman–Crippen LogP) is 1.16. The lowest BCUT2D eigenvalue weighted by atomic mass is 10.2. The van der Waals surface area contributed by atoms with Crippen molar-refractivity contribution >= 4 is 11.8 Å². The van der Waals surface area contributed by atoms with Gasteiger partial charge in [0.15, 0.2) is 0 Å². The van der Waals surface area contributed by atoms with E-state index in [9.17, 15) is 4.79 Å². The number of hydrogen-bond donors (Lipinski definition) is 1. The molecule has 1 heterocycles. The molecule has 0 saturated carbocycles. The summed E-state index contributed by atoms with van der Waals surface area (Å²) in [4.78, 5) is 19.7. The van der Waals surface area contributed by atoms with Gasteiger partial charge in [-0.3, -0.25) is 0 Å². The third-order valence-electron chi connectivity index (χ3n) is 2.24. The van der Waals surface area contributed by atoms with E-state index in [2.05, 4.69) is 20.0 Å². The quantitative estimate of drug-likeness (QED) is 0.777. The molecule has 0 aliphatic carbocycles. The van der Waals surface area contributed by atoms with E-state index < -0.39 is 6.04 Å². The van der Waals surface area contributed by atoms with Crippen molar-refractivity contribution in [2.75, 3.05) is 19.5 Å². The number of aryl methyl sites for hydroxylation is 1. The number of rotatable bonds is 5. The van der Waals surface area contributed by atoms with E-state index in [4.69, 9.17) is 4.74 Å². The molecule has 0 fully saturated rings. The van der Waals surface area contributed by atoms with E-state index in [1.807, 2.05) is 6.92 Å². The number of aromatic nitrogens is 2. The van der Waals surface area contributed by atoms with Crippen molar-refractivity contribution < 1.29 is 14.3 Å². The molecule has 0 amide bonds. The van der Waals surface area contributed by atoms with E-state index in [1.54, 1.807) is 13.0 Å². The van der Waals surface area contributed by atoms with Crippen molar-refractivity contribution in [1.82, 2.24) is 9.97 Å². The van der Waals surface area contributed by atoms with Crippen molar-refractivity contribution in [3.8, 4) is 5.88 Å². The molecular weight excluding hydrogens is 222 g/mol. The van der Waals surface area contributed by atoms with Crippen molar-refractivity contribution in [2.24, 2.45) is 0 Å². The maximum absolute atomic E-state index is 11.4. The van der Waals surface area contributed by atoms with E-state index in [1.165, 1.54) is 14.2 Å². The SMILES string of the molecule is CCC(Nc1cc(OC)nc(C)n1)C(=O)OC. The lowest BCUT2D eigenvalue weighted by molar-refractivity contribution is -0.141. The summed E-state index contributed by atoms with van der Waals surface area (Å²) < 4.78 is 9.72. The van der Waals surface area contributed by atoms with E-state index >= 15 is 0 Å². The van der Waals surface area contributed by atoms with E-state index in [0.29, 0.717) is 23.9 Å². The predicted molar refractivity (Wildman–Crippen MR) is 63.0 cm³/mol. The third-order valence-corrected chi connectivity index (χ3v) is 2.24. The Balaban J connectivity index is 2.85. The molecule has 17 heavy (non-hydrogen) atoms. The summed E-state index contributed by atoms with van der Waals surface area (Å²) in [6, 6.07) is 1.22. The molecule has 0 aromatic carbocycles. The highest BCUT2D eigenvalue weighted by Gasteiger charge is 2.17. The van der Waals surface area contributed by atoms with Crippen LogP contribution < -0.4 is 10.1 Å². The molecule has 1 aromatic rings. The Morgan fingerprint density at radius 1 is 1.47 bits per heavy atom. The standard InChI is InChI=1S/C11H17N3O3/c1-5-8(11(15)17-4)14-9-6-10(16-3)13-7(2)12-9/h6,8H,5H2,1-4H3,(H,12,13,14). The van der Waals surface area contributed by atoms with Crippen LogP contribution in [0.3, 0.4) is 0 Å². The normalized spacial score (nSPS) is 11.8.